The maximum absolute atomic E-state index is 12.4. The van der Waals surface area contributed by atoms with Crippen molar-refractivity contribution in [1.29, 1.82) is 0 Å². The molecule has 0 aliphatic heterocycles. The first-order valence-electron chi connectivity index (χ1n) is 6.47. The lowest BCUT2D eigenvalue weighted by Gasteiger charge is -2.25. The van der Waals surface area contributed by atoms with Crippen LogP contribution in [0.2, 0.25) is 0 Å². The Labute approximate surface area is 116 Å². The first-order chi connectivity index (χ1) is 8.78. The molecule has 0 saturated carbocycles. The second-order valence-electron chi connectivity index (χ2n) is 5.30. The van der Waals surface area contributed by atoms with Crippen LogP contribution in [0.1, 0.15) is 32.8 Å². The van der Waals surface area contributed by atoms with E-state index in [1.807, 2.05) is 6.92 Å². The Kier molecular flexibility index (Phi) is 5.52. The fourth-order valence-electron chi connectivity index (χ4n) is 2.00. The van der Waals surface area contributed by atoms with E-state index in [1.165, 1.54) is 4.31 Å². The molecule has 0 saturated heterocycles. The van der Waals surface area contributed by atoms with Crippen molar-refractivity contribution in [2.75, 3.05) is 7.05 Å². The number of aliphatic hydroxyl groups excluding tert-OH is 1. The molecule has 1 atom stereocenters. The predicted octanol–water partition coefficient (Wildman–Crippen LogP) is 2.23. The molecule has 1 N–H and O–H groups in total. The van der Waals surface area contributed by atoms with Gasteiger partial charge in [0.2, 0.25) is 10.0 Å². The van der Waals surface area contributed by atoms with Gasteiger partial charge in [0, 0.05) is 13.1 Å². The van der Waals surface area contributed by atoms with E-state index in [0.717, 1.165) is 6.42 Å². The zero-order valence-electron chi connectivity index (χ0n) is 12.0. The molecule has 0 amide bonds. The van der Waals surface area contributed by atoms with Gasteiger partial charge < -0.3 is 5.11 Å². The van der Waals surface area contributed by atoms with E-state index >= 15 is 0 Å². The quantitative estimate of drug-likeness (QED) is 0.872. The lowest BCUT2D eigenvalue weighted by molar-refractivity contribution is 0.281. The molecule has 0 spiro atoms. The lowest BCUT2D eigenvalue weighted by Crippen LogP contribution is -2.35. The molecule has 5 heteroatoms. The summed E-state index contributed by atoms with van der Waals surface area (Å²) >= 11 is 0. The Balaban J connectivity index is 2.95. The predicted molar refractivity (Wildman–Crippen MR) is 76.2 cm³/mol. The highest BCUT2D eigenvalue weighted by Gasteiger charge is 2.25. The molecule has 0 aliphatic carbocycles. The molecule has 1 unspecified atom stereocenters. The highest BCUT2D eigenvalue weighted by molar-refractivity contribution is 7.89. The summed E-state index contributed by atoms with van der Waals surface area (Å²) in [6.45, 7) is 5.99. The molecule has 1 rings (SSSR count). The normalized spacial score (nSPS) is 14.1. The van der Waals surface area contributed by atoms with Crippen molar-refractivity contribution in [3.8, 4) is 0 Å². The van der Waals surface area contributed by atoms with Crippen LogP contribution >= 0.6 is 0 Å². The number of hydrogen-bond donors (Lipinski definition) is 1. The van der Waals surface area contributed by atoms with Crippen molar-refractivity contribution in [2.45, 2.75) is 44.7 Å². The zero-order chi connectivity index (χ0) is 14.6. The van der Waals surface area contributed by atoms with E-state index in [0.29, 0.717) is 11.5 Å². The van der Waals surface area contributed by atoms with Gasteiger partial charge in [0.05, 0.1) is 11.5 Å². The van der Waals surface area contributed by atoms with Gasteiger partial charge in [0.25, 0.3) is 0 Å². The minimum Gasteiger partial charge on any atom is -0.392 e. The number of hydrogen-bond acceptors (Lipinski definition) is 3. The number of aliphatic hydroxyl groups is 1. The largest absolute Gasteiger partial charge is 0.392 e. The van der Waals surface area contributed by atoms with E-state index in [2.05, 4.69) is 13.8 Å². The fraction of sp³-hybridized carbons (Fsp3) is 0.571. The molecular weight excluding hydrogens is 262 g/mol. The fourth-order valence-corrected chi connectivity index (χ4v) is 3.37. The standard InChI is InChI=1S/C14H23NO3S/c1-11(2)9-12(3)15(4)19(17,18)14-7-5-13(10-16)6-8-14/h5-8,11-12,16H,9-10H2,1-4H3. The molecule has 4 nitrogen and oxygen atoms in total. The Morgan fingerprint density at radius 1 is 1.16 bits per heavy atom. The smallest absolute Gasteiger partial charge is 0.243 e. The minimum absolute atomic E-state index is 0.0393. The van der Waals surface area contributed by atoms with Gasteiger partial charge in [-0.25, -0.2) is 8.42 Å². The van der Waals surface area contributed by atoms with E-state index in [1.54, 1.807) is 31.3 Å². The van der Waals surface area contributed by atoms with Crippen LogP contribution in [0.4, 0.5) is 0 Å². The average molecular weight is 285 g/mol. The van der Waals surface area contributed by atoms with Gasteiger partial charge in [-0.3, -0.25) is 0 Å². The third kappa shape index (κ3) is 4.03. The van der Waals surface area contributed by atoms with E-state index in [9.17, 15) is 8.42 Å². The number of sulfonamides is 1. The number of benzene rings is 1. The number of nitrogens with zero attached hydrogens (tertiary/aromatic N) is 1. The Hall–Kier alpha value is -0.910. The van der Waals surface area contributed by atoms with Crippen molar-refractivity contribution in [1.82, 2.24) is 4.31 Å². The average Bonchev–Trinajstić information content (AvgIpc) is 2.37. The maximum Gasteiger partial charge on any atom is 0.243 e. The van der Waals surface area contributed by atoms with Gasteiger partial charge in [0.15, 0.2) is 0 Å². The molecule has 0 bridgehead atoms. The van der Waals surface area contributed by atoms with Crippen LogP contribution in [-0.4, -0.2) is 30.9 Å². The van der Waals surface area contributed by atoms with Gasteiger partial charge in [-0.2, -0.15) is 4.31 Å². The molecule has 0 radical (unpaired) electrons. The van der Waals surface area contributed by atoms with Crippen molar-refractivity contribution in [3.05, 3.63) is 29.8 Å². The van der Waals surface area contributed by atoms with Crippen LogP contribution < -0.4 is 0 Å². The van der Waals surface area contributed by atoms with Gasteiger partial charge in [-0.05, 0) is 37.0 Å². The second-order valence-corrected chi connectivity index (χ2v) is 7.30. The molecule has 0 aliphatic rings. The Bertz CT molecular complexity index is 494. The van der Waals surface area contributed by atoms with Gasteiger partial charge >= 0.3 is 0 Å². The second kappa shape index (κ2) is 6.50. The summed E-state index contributed by atoms with van der Waals surface area (Å²) in [6.07, 6.45) is 0.824. The summed E-state index contributed by atoms with van der Waals surface area (Å²) < 4.78 is 26.3. The van der Waals surface area contributed by atoms with Crippen molar-refractivity contribution in [3.63, 3.8) is 0 Å². The lowest BCUT2D eigenvalue weighted by atomic mass is 10.1. The van der Waals surface area contributed by atoms with Gasteiger partial charge in [-0.15, -0.1) is 0 Å². The third-order valence-corrected chi connectivity index (χ3v) is 5.20. The highest BCUT2D eigenvalue weighted by Crippen LogP contribution is 2.20. The van der Waals surface area contributed by atoms with Crippen LogP contribution in [0.3, 0.4) is 0 Å². The van der Waals surface area contributed by atoms with Crippen LogP contribution in [0.15, 0.2) is 29.2 Å². The first kappa shape index (κ1) is 16.1. The van der Waals surface area contributed by atoms with Crippen LogP contribution in [0.5, 0.6) is 0 Å². The molecule has 0 fully saturated rings. The Morgan fingerprint density at radius 2 is 1.68 bits per heavy atom. The van der Waals surface area contributed by atoms with E-state index < -0.39 is 10.0 Å². The topological polar surface area (TPSA) is 57.6 Å². The van der Waals surface area contributed by atoms with E-state index in [4.69, 9.17) is 5.11 Å². The SMILES string of the molecule is CC(C)CC(C)N(C)S(=O)(=O)c1ccc(CO)cc1. The van der Waals surface area contributed by atoms with Crippen LogP contribution in [0.25, 0.3) is 0 Å². The minimum atomic E-state index is -3.46. The first-order valence-corrected chi connectivity index (χ1v) is 7.91. The summed E-state index contributed by atoms with van der Waals surface area (Å²) in [6, 6.07) is 6.31. The van der Waals surface area contributed by atoms with Crippen molar-refractivity contribution in [2.24, 2.45) is 5.92 Å². The molecule has 1 aromatic rings. The summed E-state index contributed by atoms with van der Waals surface area (Å²) in [7, 11) is -1.84. The molecule has 108 valence electrons. The molecule has 0 heterocycles. The number of rotatable bonds is 6. The van der Waals surface area contributed by atoms with Gasteiger partial charge in [-0.1, -0.05) is 26.0 Å². The summed E-state index contributed by atoms with van der Waals surface area (Å²) in [4.78, 5) is 0.266. The monoisotopic (exact) mass is 285 g/mol. The summed E-state index contributed by atoms with van der Waals surface area (Å²) in [5.74, 6) is 0.449. The van der Waals surface area contributed by atoms with Gasteiger partial charge in [0.1, 0.15) is 0 Å². The molecule has 0 aromatic heterocycles. The molecule has 1 aromatic carbocycles. The maximum atomic E-state index is 12.4. The molecular formula is C14H23NO3S. The van der Waals surface area contributed by atoms with Crippen molar-refractivity contribution < 1.29 is 13.5 Å². The van der Waals surface area contributed by atoms with Crippen LogP contribution in [-0.2, 0) is 16.6 Å². The zero-order valence-corrected chi connectivity index (χ0v) is 12.8. The Morgan fingerprint density at radius 3 is 2.11 bits per heavy atom. The highest BCUT2D eigenvalue weighted by atomic mass is 32.2. The third-order valence-electron chi connectivity index (χ3n) is 3.22. The van der Waals surface area contributed by atoms with E-state index in [-0.39, 0.29) is 17.5 Å². The van der Waals surface area contributed by atoms with Crippen LogP contribution in [0, 0.1) is 5.92 Å². The van der Waals surface area contributed by atoms with Crippen molar-refractivity contribution >= 4 is 10.0 Å². The molecule has 19 heavy (non-hydrogen) atoms. The summed E-state index contributed by atoms with van der Waals surface area (Å²) in [5, 5.41) is 8.97. The summed E-state index contributed by atoms with van der Waals surface area (Å²) in [5.41, 5.74) is 0.705.